The lowest BCUT2D eigenvalue weighted by molar-refractivity contribution is 0.102. The van der Waals surface area contributed by atoms with Gasteiger partial charge in [0.15, 0.2) is 5.78 Å². The summed E-state index contributed by atoms with van der Waals surface area (Å²) in [6, 6.07) is 1.93. The van der Waals surface area contributed by atoms with Gasteiger partial charge >= 0.3 is 0 Å². The molecule has 0 amide bonds. The molecule has 0 saturated carbocycles. The van der Waals surface area contributed by atoms with E-state index in [0.717, 1.165) is 16.2 Å². The largest absolute Gasteiger partial charge is 0.293 e. The molecule has 0 unspecified atom stereocenters. The number of carbonyl (C=O) groups excluding carboxylic acids is 1. The minimum absolute atomic E-state index is 0.273. The van der Waals surface area contributed by atoms with Crippen LogP contribution in [-0.2, 0) is 0 Å². The number of thiophene rings is 1. The monoisotopic (exact) mass is 228 g/mol. The standard InChI is InChI=1S/C11H16OS2/c1-8(2)6-13-7-11(12)10-4-5-14-9(10)3/h4-5,8H,6-7H2,1-3H3. The number of thioether (sulfide) groups is 1. The Hall–Kier alpha value is -0.280. The lowest BCUT2D eigenvalue weighted by Crippen LogP contribution is -2.04. The summed E-state index contributed by atoms with van der Waals surface area (Å²) < 4.78 is 0. The minimum atomic E-state index is 0.273. The SMILES string of the molecule is Cc1sccc1C(=O)CSCC(C)C. The molecule has 0 aliphatic heterocycles. The van der Waals surface area contributed by atoms with Crippen LogP contribution in [0.15, 0.2) is 11.4 Å². The minimum Gasteiger partial charge on any atom is -0.293 e. The van der Waals surface area contributed by atoms with Gasteiger partial charge in [-0.05, 0) is 30.0 Å². The van der Waals surface area contributed by atoms with E-state index in [-0.39, 0.29) is 5.78 Å². The molecule has 1 rings (SSSR count). The lowest BCUT2D eigenvalue weighted by atomic mass is 10.2. The van der Waals surface area contributed by atoms with Crippen molar-refractivity contribution in [2.75, 3.05) is 11.5 Å². The van der Waals surface area contributed by atoms with Crippen molar-refractivity contribution in [1.29, 1.82) is 0 Å². The predicted molar refractivity (Wildman–Crippen MR) is 65.5 cm³/mol. The number of ketones is 1. The van der Waals surface area contributed by atoms with Gasteiger partial charge in [-0.25, -0.2) is 0 Å². The lowest BCUT2D eigenvalue weighted by Gasteiger charge is -2.03. The van der Waals surface area contributed by atoms with Crippen LogP contribution in [0.25, 0.3) is 0 Å². The zero-order chi connectivity index (χ0) is 10.6. The molecule has 78 valence electrons. The van der Waals surface area contributed by atoms with Crippen LogP contribution in [0.1, 0.15) is 29.1 Å². The van der Waals surface area contributed by atoms with E-state index in [1.807, 2.05) is 18.4 Å². The van der Waals surface area contributed by atoms with E-state index < -0.39 is 0 Å². The number of rotatable bonds is 5. The average Bonchev–Trinajstić information content (AvgIpc) is 2.50. The predicted octanol–water partition coefficient (Wildman–Crippen LogP) is 3.63. The van der Waals surface area contributed by atoms with E-state index in [1.165, 1.54) is 0 Å². The fraction of sp³-hybridized carbons (Fsp3) is 0.545. The van der Waals surface area contributed by atoms with Gasteiger partial charge in [0.2, 0.25) is 0 Å². The first-order valence-electron chi connectivity index (χ1n) is 4.76. The maximum Gasteiger partial charge on any atom is 0.173 e. The molecule has 0 fully saturated rings. The third-order valence-corrected chi connectivity index (χ3v) is 4.06. The second-order valence-corrected chi connectivity index (χ2v) is 5.87. The van der Waals surface area contributed by atoms with Crippen LogP contribution >= 0.6 is 23.1 Å². The Morgan fingerprint density at radius 3 is 2.79 bits per heavy atom. The van der Waals surface area contributed by atoms with Gasteiger partial charge in [0.25, 0.3) is 0 Å². The molecule has 14 heavy (non-hydrogen) atoms. The van der Waals surface area contributed by atoms with Gasteiger partial charge in [-0.2, -0.15) is 11.8 Å². The maximum atomic E-state index is 11.7. The highest BCUT2D eigenvalue weighted by Gasteiger charge is 2.09. The molecule has 0 aliphatic rings. The van der Waals surface area contributed by atoms with Crippen molar-refractivity contribution in [1.82, 2.24) is 0 Å². The Bertz CT molecular complexity index is 302. The molecule has 0 radical (unpaired) electrons. The van der Waals surface area contributed by atoms with Gasteiger partial charge in [-0.15, -0.1) is 11.3 Å². The smallest absolute Gasteiger partial charge is 0.173 e. The summed E-state index contributed by atoms with van der Waals surface area (Å²) in [4.78, 5) is 12.8. The van der Waals surface area contributed by atoms with Crippen molar-refractivity contribution in [3.63, 3.8) is 0 Å². The van der Waals surface area contributed by atoms with Crippen LogP contribution in [0.3, 0.4) is 0 Å². The first kappa shape index (κ1) is 11.8. The van der Waals surface area contributed by atoms with Crippen molar-refractivity contribution in [3.8, 4) is 0 Å². The topological polar surface area (TPSA) is 17.1 Å². The number of carbonyl (C=O) groups is 1. The Balaban J connectivity index is 2.40. The molecule has 0 N–H and O–H groups in total. The van der Waals surface area contributed by atoms with Crippen molar-refractivity contribution in [3.05, 3.63) is 21.9 Å². The van der Waals surface area contributed by atoms with Crippen LogP contribution in [0.5, 0.6) is 0 Å². The summed E-state index contributed by atoms with van der Waals surface area (Å²) in [5.41, 5.74) is 0.909. The molecule has 1 aromatic heterocycles. The molecule has 0 spiro atoms. The normalized spacial score (nSPS) is 10.9. The zero-order valence-electron chi connectivity index (χ0n) is 8.87. The molecule has 1 nitrogen and oxygen atoms in total. The van der Waals surface area contributed by atoms with Crippen LogP contribution < -0.4 is 0 Å². The molecule has 3 heteroatoms. The van der Waals surface area contributed by atoms with Gasteiger partial charge in [0.05, 0.1) is 5.75 Å². The van der Waals surface area contributed by atoms with Crippen LogP contribution in [0.2, 0.25) is 0 Å². The molecule has 1 heterocycles. The Morgan fingerprint density at radius 1 is 1.57 bits per heavy atom. The highest BCUT2D eigenvalue weighted by molar-refractivity contribution is 7.99. The number of aryl methyl sites for hydroxylation is 1. The molecule has 0 saturated heterocycles. The molecule has 0 aromatic carbocycles. The second kappa shape index (κ2) is 5.56. The van der Waals surface area contributed by atoms with E-state index in [1.54, 1.807) is 23.1 Å². The van der Waals surface area contributed by atoms with E-state index in [9.17, 15) is 4.79 Å². The quantitative estimate of drug-likeness (QED) is 0.716. The Kier molecular flexibility index (Phi) is 4.69. The Labute approximate surface area is 93.9 Å². The van der Waals surface area contributed by atoms with Crippen LogP contribution in [0.4, 0.5) is 0 Å². The Morgan fingerprint density at radius 2 is 2.29 bits per heavy atom. The van der Waals surface area contributed by atoms with Gasteiger partial charge in [0, 0.05) is 10.4 Å². The first-order valence-corrected chi connectivity index (χ1v) is 6.79. The molecular weight excluding hydrogens is 212 g/mol. The highest BCUT2D eigenvalue weighted by atomic mass is 32.2. The van der Waals surface area contributed by atoms with Crippen molar-refractivity contribution in [2.24, 2.45) is 5.92 Å². The molecule has 0 bridgehead atoms. The second-order valence-electron chi connectivity index (χ2n) is 3.72. The number of Topliss-reactive ketones (excluding diaryl/α,β-unsaturated/α-hetero) is 1. The maximum absolute atomic E-state index is 11.7. The highest BCUT2D eigenvalue weighted by Crippen LogP contribution is 2.18. The van der Waals surface area contributed by atoms with E-state index in [0.29, 0.717) is 11.7 Å². The van der Waals surface area contributed by atoms with Crippen LogP contribution in [-0.4, -0.2) is 17.3 Å². The van der Waals surface area contributed by atoms with Gasteiger partial charge in [-0.3, -0.25) is 4.79 Å². The summed E-state index contributed by atoms with van der Waals surface area (Å²) in [6.45, 7) is 6.35. The van der Waals surface area contributed by atoms with E-state index in [4.69, 9.17) is 0 Å². The zero-order valence-corrected chi connectivity index (χ0v) is 10.5. The average molecular weight is 228 g/mol. The van der Waals surface area contributed by atoms with Crippen LogP contribution in [0, 0.1) is 12.8 Å². The number of hydrogen-bond acceptors (Lipinski definition) is 3. The summed E-state index contributed by atoms with van der Waals surface area (Å²) in [6.07, 6.45) is 0. The molecular formula is C11H16OS2. The van der Waals surface area contributed by atoms with Crippen molar-refractivity contribution in [2.45, 2.75) is 20.8 Å². The van der Waals surface area contributed by atoms with Crippen molar-refractivity contribution < 1.29 is 4.79 Å². The number of hydrogen-bond donors (Lipinski definition) is 0. The van der Waals surface area contributed by atoms with Gasteiger partial charge in [0.1, 0.15) is 0 Å². The van der Waals surface area contributed by atoms with Gasteiger partial charge < -0.3 is 0 Å². The summed E-state index contributed by atoms with van der Waals surface area (Å²) in [7, 11) is 0. The fourth-order valence-electron chi connectivity index (χ4n) is 1.14. The van der Waals surface area contributed by atoms with E-state index in [2.05, 4.69) is 13.8 Å². The fourth-order valence-corrected chi connectivity index (χ4v) is 2.79. The summed E-state index contributed by atoms with van der Waals surface area (Å²) in [5.74, 6) is 2.62. The van der Waals surface area contributed by atoms with E-state index >= 15 is 0 Å². The third-order valence-electron chi connectivity index (χ3n) is 1.84. The molecule has 0 atom stereocenters. The summed E-state index contributed by atoms with van der Waals surface area (Å²) >= 11 is 3.37. The molecule has 1 aromatic rings. The first-order chi connectivity index (χ1) is 6.61. The third kappa shape index (κ3) is 3.46. The molecule has 0 aliphatic carbocycles. The summed E-state index contributed by atoms with van der Waals surface area (Å²) in [5, 5.41) is 1.98. The van der Waals surface area contributed by atoms with Crippen molar-refractivity contribution >= 4 is 28.9 Å². The van der Waals surface area contributed by atoms with Gasteiger partial charge in [-0.1, -0.05) is 13.8 Å².